The number of rotatable bonds is 5. The minimum Gasteiger partial charge on any atom is -0.444 e. The minimum absolute atomic E-state index is 0.159. The van der Waals surface area contributed by atoms with E-state index in [9.17, 15) is 4.79 Å². The van der Waals surface area contributed by atoms with Gasteiger partial charge in [-0.2, -0.15) is 11.8 Å². The fourth-order valence-electron chi connectivity index (χ4n) is 1.76. The third-order valence-electron chi connectivity index (χ3n) is 2.71. The molecule has 100 valence electrons. The Balaban J connectivity index is 1.61. The van der Waals surface area contributed by atoms with Crippen LogP contribution in [0.3, 0.4) is 0 Å². The molecular formula is C12H16BrNO3S. The molecule has 0 aliphatic carbocycles. The van der Waals surface area contributed by atoms with Crippen molar-refractivity contribution in [3.8, 4) is 0 Å². The molecule has 1 N–H and O–H groups in total. The third kappa shape index (κ3) is 4.33. The molecule has 0 spiro atoms. The molecule has 1 saturated heterocycles. The Kier molecular flexibility index (Phi) is 5.59. The molecule has 6 heteroatoms. The lowest BCUT2D eigenvalue weighted by atomic mass is 10.2. The van der Waals surface area contributed by atoms with E-state index in [0.717, 1.165) is 31.8 Å². The highest BCUT2D eigenvalue weighted by molar-refractivity contribution is 9.10. The first-order chi connectivity index (χ1) is 8.75. The molecule has 0 radical (unpaired) electrons. The largest absolute Gasteiger partial charge is 0.444 e. The molecule has 2 heterocycles. The lowest BCUT2D eigenvalue weighted by molar-refractivity contribution is 0.0926. The molecule has 0 atom stereocenters. The van der Waals surface area contributed by atoms with Crippen molar-refractivity contribution >= 4 is 33.6 Å². The fourth-order valence-corrected chi connectivity index (χ4v) is 3.14. The van der Waals surface area contributed by atoms with E-state index < -0.39 is 0 Å². The van der Waals surface area contributed by atoms with Gasteiger partial charge in [-0.25, -0.2) is 0 Å². The summed E-state index contributed by atoms with van der Waals surface area (Å²) in [5.41, 5.74) is 0. The van der Waals surface area contributed by atoms with E-state index in [-0.39, 0.29) is 5.91 Å². The van der Waals surface area contributed by atoms with Crippen LogP contribution in [0.25, 0.3) is 0 Å². The predicted molar refractivity (Wildman–Crippen MR) is 75.0 cm³/mol. The van der Waals surface area contributed by atoms with Gasteiger partial charge in [-0.05, 0) is 40.9 Å². The molecule has 1 aliphatic rings. The van der Waals surface area contributed by atoms with Crippen LogP contribution in [-0.4, -0.2) is 36.7 Å². The van der Waals surface area contributed by atoms with Crippen molar-refractivity contribution in [3.05, 3.63) is 22.6 Å². The van der Waals surface area contributed by atoms with Crippen molar-refractivity contribution in [1.29, 1.82) is 0 Å². The SMILES string of the molecule is O=C(NCCSC1CCOCC1)c1ccc(Br)o1. The summed E-state index contributed by atoms with van der Waals surface area (Å²) in [5.74, 6) is 1.12. The van der Waals surface area contributed by atoms with Gasteiger partial charge < -0.3 is 14.5 Å². The molecule has 18 heavy (non-hydrogen) atoms. The van der Waals surface area contributed by atoms with Crippen LogP contribution >= 0.6 is 27.7 Å². The van der Waals surface area contributed by atoms with E-state index >= 15 is 0 Å². The van der Waals surface area contributed by atoms with Crippen molar-refractivity contribution in [1.82, 2.24) is 5.32 Å². The van der Waals surface area contributed by atoms with Gasteiger partial charge in [0.15, 0.2) is 10.4 Å². The number of amides is 1. The molecule has 1 aliphatic heterocycles. The lowest BCUT2D eigenvalue weighted by Crippen LogP contribution is -2.26. The number of furan rings is 1. The third-order valence-corrected chi connectivity index (χ3v) is 4.52. The highest BCUT2D eigenvalue weighted by Gasteiger charge is 2.14. The average Bonchev–Trinajstić information content (AvgIpc) is 2.82. The monoisotopic (exact) mass is 333 g/mol. The van der Waals surface area contributed by atoms with Gasteiger partial charge in [-0.3, -0.25) is 4.79 Å². The second kappa shape index (κ2) is 7.21. The van der Waals surface area contributed by atoms with Crippen LogP contribution in [0.1, 0.15) is 23.4 Å². The van der Waals surface area contributed by atoms with Crippen LogP contribution < -0.4 is 5.32 Å². The Morgan fingerprint density at radius 1 is 1.44 bits per heavy atom. The van der Waals surface area contributed by atoms with Crippen molar-refractivity contribution in [2.24, 2.45) is 0 Å². The predicted octanol–water partition coefficient (Wildman–Crippen LogP) is 2.68. The molecule has 4 nitrogen and oxygen atoms in total. The number of halogens is 1. The number of thioether (sulfide) groups is 1. The standard InChI is InChI=1S/C12H16BrNO3S/c13-11-2-1-10(17-11)12(15)14-5-8-18-9-3-6-16-7-4-9/h1-2,9H,3-8H2,(H,14,15). The number of nitrogens with one attached hydrogen (secondary N) is 1. The molecule has 0 unspecified atom stereocenters. The molecule has 0 aromatic carbocycles. The fraction of sp³-hybridized carbons (Fsp3) is 0.583. The average molecular weight is 334 g/mol. The zero-order chi connectivity index (χ0) is 12.8. The molecule has 2 rings (SSSR count). The van der Waals surface area contributed by atoms with Crippen molar-refractivity contribution in [2.75, 3.05) is 25.5 Å². The smallest absolute Gasteiger partial charge is 0.287 e. The van der Waals surface area contributed by atoms with E-state index in [1.807, 2.05) is 11.8 Å². The number of ether oxygens (including phenoxy) is 1. The summed E-state index contributed by atoms with van der Waals surface area (Å²) in [7, 11) is 0. The van der Waals surface area contributed by atoms with Crippen LogP contribution in [0.15, 0.2) is 21.2 Å². The van der Waals surface area contributed by atoms with Gasteiger partial charge in [0.2, 0.25) is 0 Å². The van der Waals surface area contributed by atoms with E-state index in [2.05, 4.69) is 21.2 Å². The van der Waals surface area contributed by atoms with Crippen molar-refractivity contribution in [3.63, 3.8) is 0 Å². The molecule has 1 amide bonds. The van der Waals surface area contributed by atoms with E-state index in [1.165, 1.54) is 0 Å². The second-order valence-electron chi connectivity index (χ2n) is 4.04. The first kappa shape index (κ1) is 14.0. The lowest BCUT2D eigenvalue weighted by Gasteiger charge is -2.21. The first-order valence-corrected chi connectivity index (χ1v) is 7.83. The number of hydrogen-bond donors (Lipinski definition) is 1. The molecule has 1 aromatic heterocycles. The molecule has 1 aromatic rings. The maximum Gasteiger partial charge on any atom is 0.287 e. The first-order valence-electron chi connectivity index (χ1n) is 5.98. The number of carbonyl (C=O) groups is 1. The molecular weight excluding hydrogens is 318 g/mol. The summed E-state index contributed by atoms with van der Waals surface area (Å²) in [6.45, 7) is 2.40. The maximum absolute atomic E-state index is 11.7. The van der Waals surface area contributed by atoms with E-state index in [1.54, 1.807) is 12.1 Å². The van der Waals surface area contributed by atoms with E-state index in [0.29, 0.717) is 22.2 Å². The van der Waals surface area contributed by atoms with Crippen LogP contribution in [0.2, 0.25) is 0 Å². The van der Waals surface area contributed by atoms with Gasteiger partial charge in [-0.1, -0.05) is 0 Å². The van der Waals surface area contributed by atoms with Gasteiger partial charge in [0, 0.05) is 30.8 Å². The Bertz CT molecular complexity index is 390. The van der Waals surface area contributed by atoms with Crippen LogP contribution in [0.5, 0.6) is 0 Å². The van der Waals surface area contributed by atoms with Crippen LogP contribution in [0, 0.1) is 0 Å². The van der Waals surface area contributed by atoms with Gasteiger partial charge in [-0.15, -0.1) is 0 Å². The molecule has 0 saturated carbocycles. The highest BCUT2D eigenvalue weighted by atomic mass is 79.9. The Labute approximate surface area is 119 Å². The van der Waals surface area contributed by atoms with Crippen LogP contribution in [0.4, 0.5) is 0 Å². The summed E-state index contributed by atoms with van der Waals surface area (Å²) >= 11 is 5.08. The maximum atomic E-state index is 11.7. The highest BCUT2D eigenvalue weighted by Crippen LogP contribution is 2.21. The summed E-state index contributed by atoms with van der Waals surface area (Å²) in [6, 6.07) is 3.37. The van der Waals surface area contributed by atoms with Crippen molar-refractivity contribution < 1.29 is 13.9 Å². The quantitative estimate of drug-likeness (QED) is 0.841. The summed E-state index contributed by atoms with van der Waals surface area (Å²) in [5, 5.41) is 3.52. The minimum atomic E-state index is -0.159. The zero-order valence-electron chi connectivity index (χ0n) is 9.99. The van der Waals surface area contributed by atoms with Gasteiger partial charge in [0.25, 0.3) is 5.91 Å². The van der Waals surface area contributed by atoms with Gasteiger partial charge in [0.1, 0.15) is 0 Å². The number of carbonyl (C=O) groups excluding carboxylic acids is 1. The Morgan fingerprint density at radius 3 is 2.89 bits per heavy atom. The molecule has 1 fully saturated rings. The zero-order valence-corrected chi connectivity index (χ0v) is 12.4. The van der Waals surface area contributed by atoms with Crippen molar-refractivity contribution in [2.45, 2.75) is 18.1 Å². The normalized spacial score (nSPS) is 16.7. The Hall–Kier alpha value is -0.460. The summed E-state index contributed by atoms with van der Waals surface area (Å²) < 4.78 is 11.1. The van der Waals surface area contributed by atoms with Crippen LogP contribution in [-0.2, 0) is 4.74 Å². The Morgan fingerprint density at radius 2 is 2.22 bits per heavy atom. The topological polar surface area (TPSA) is 51.5 Å². The van der Waals surface area contributed by atoms with Gasteiger partial charge >= 0.3 is 0 Å². The summed E-state index contributed by atoms with van der Waals surface area (Å²) in [6.07, 6.45) is 2.23. The second-order valence-corrected chi connectivity index (χ2v) is 6.23. The molecule has 0 bridgehead atoms. The van der Waals surface area contributed by atoms with Gasteiger partial charge in [0.05, 0.1) is 0 Å². The summed E-state index contributed by atoms with van der Waals surface area (Å²) in [4.78, 5) is 11.7. The number of hydrogen-bond acceptors (Lipinski definition) is 4. The van der Waals surface area contributed by atoms with E-state index in [4.69, 9.17) is 9.15 Å².